The number of carbonyl (C=O) groups is 1. The fourth-order valence-electron chi connectivity index (χ4n) is 2.24. The summed E-state index contributed by atoms with van der Waals surface area (Å²) in [5.74, 6) is 0.185. The smallest absolute Gasteiger partial charge is 0.179 e. The summed E-state index contributed by atoms with van der Waals surface area (Å²) >= 11 is 0. The molecule has 0 heterocycles. The number of carbonyl (C=O) groups excluding carboxylic acids is 1. The molecule has 18 heavy (non-hydrogen) atoms. The zero-order chi connectivity index (χ0) is 13.0. The van der Waals surface area contributed by atoms with Crippen LogP contribution in [-0.4, -0.2) is 18.9 Å². The first-order valence-corrected chi connectivity index (χ1v) is 6.46. The van der Waals surface area contributed by atoms with E-state index >= 15 is 0 Å². The minimum Gasteiger partial charge on any atom is -0.310 e. The highest BCUT2D eigenvalue weighted by molar-refractivity contribution is 6.03. The summed E-state index contributed by atoms with van der Waals surface area (Å²) < 4.78 is 0. The molecule has 0 fully saturated rings. The number of fused-ring (bicyclic) bond motifs is 1. The van der Waals surface area contributed by atoms with Gasteiger partial charge in [-0.15, -0.1) is 0 Å². The molecule has 0 aliphatic rings. The molecule has 2 aromatic carbocycles. The van der Waals surface area contributed by atoms with Crippen LogP contribution < -0.4 is 5.32 Å². The van der Waals surface area contributed by atoms with Crippen LogP contribution in [0.3, 0.4) is 0 Å². The fourth-order valence-corrected chi connectivity index (χ4v) is 2.24. The van der Waals surface area contributed by atoms with Crippen LogP contribution in [0.5, 0.6) is 0 Å². The lowest BCUT2D eigenvalue weighted by atomic mass is 9.98. The van der Waals surface area contributed by atoms with Crippen LogP contribution in [0.2, 0.25) is 0 Å². The minimum atomic E-state index is -0.0730. The van der Waals surface area contributed by atoms with E-state index in [1.54, 1.807) is 0 Å². The number of nitrogens with one attached hydrogen (secondary N) is 1. The second-order valence-corrected chi connectivity index (χ2v) is 4.56. The van der Waals surface area contributed by atoms with Crippen LogP contribution in [0.25, 0.3) is 10.8 Å². The Kier molecular flexibility index (Phi) is 4.11. The average Bonchev–Trinajstić information content (AvgIpc) is 2.43. The van der Waals surface area contributed by atoms with Crippen LogP contribution in [-0.2, 0) is 0 Å². The molecule has 0 spiro atoms. The van der Waals surface area contributed by atoms with Gasteiger partial charge >= 0.3 is 0 Å². The van der Waals surface area contributed by atoms with Crippen molar-refractivity contribution in [1.29, 1.82) is 0 Å². The molecule has 1 atom stereocenters. The fraction of sp³-hybridized carbons (Fsp3) is 0.312. The number of Topliss-reactive ketones (excluding diaryl/α,β-unsaturated/α-hetero) is 1. The maximum absolute atomic E-state index is 12.3. The van der Waals surface area contributed by atoms with E-state index in [2.05, 4.69) is 18.3 Å². The molecule has 1 N–H and O–H groups in total. The molecule has 0 unspecified atom stereocenters. The maximum Gasteiger partial charge on any atom is 0.179 e. The van der Waals surface area contributed by atoms with E-state index in [-0.39, 0.29) is 11.8 Å². The summed E-state index contributed by atoms with van der Waals surface area (Å²) in [6.07, 6.45) is 1.88. The minimum absolute atomic E-state index is 0.0730. The van der Waals surface area contributed by atoms with Crippen molar-refractivity contribution in [2.24, 2.45) is 0 Å². The Morgan fingerprint density at radius 1 is 1.17 bits per heavy atom. The summed E-state index contributed by atoms with van der Waals surface area (Å²) in [6.45, 7) is 2.10. The first-order valence-electron chi connectivity index (χ1n) is 6.46. The molecule has 0 saturated heterocycles. The molecule has 0 aromatic heterocycles. The van der Waals surface area contributed by atoms with E-state index in [4.69, 9.17) is 0 Å². The third kappa shape index (κ3) is 2.59. The quantitative estimate of drug-likeness (QED) is 0.813. The van der Waals surface area contributed by atoms with E-state index in [1.165, 1.54) is 5.39 Å². The maximum atomic E-state index is 12.3. The molecule has 0 saturated carbocycles. The molecule has 0 radical (unpaired) electrons. The van der Waals surface area contributed by atoms with Gasteiger partial charge in [-0.3, -0.25) is 4.79 Å². The van der Waals surface area contributed by atoms with Crippen molar-refractivity contribution in [3.63, 3.8) is 0 Å². The van der Waals surface area contributed by atoms with E-state index in [0.29, 0.717) is 0 Å². The molecule has 2 heteroatoms. The summed E-state index contributed by atoms with van der Waals surface area (Å²) in [4.78, 5) is 12.3. The molecular weight excluding hydrogens is 222 g/mol. The van der Waals surface area contributed by atoms with E-state index in [0.717, 1.165) is 23.8 Å². The van der Waals surface area contributed by atoms with Gasteiger partial charge in [0, 0.05) is 5.56 Å². The predicted molar refractivity (Wildman–Crippen MR) is 76.0 cm³/mol. The predicted octanol–water partition coefficient (Wildman–Crippen LogP) is 3.41. The van der Waals surface area contributed by atoms with Gasteiger partial charge in [0.05, 0.1) is 6.04 Å². The molecule has 2 nitrogen and oxygen atoms in total. The molecule has 0 amide bonds. The average molecular weight is 241 g/mol. The van der Waals surface area contributed by atoms with Gasteiger partial charge in [0.25, 0.3) is 0 Å². The topological polar surface area (TPSA) is 29.1 Å². The lowest BCUT2D eigenvalue weighted by Crippen LogP contribution is -2.33. The lowest BCUT2D eigenvalue weighted by Gasteiger charge is -2.14. The van der Waals surface area contributed by atoms with Gasteiger partial charge in [0.15, 0.2) is 5.78 Å². The normalized spacial score (nSPS) is 12.6. The highest BCUT2D eigenvalue weighted by Crippen LogP contribution is 2.17. The van der Waals surface area contributed by atoms with Crippen LogP contribution >= 0.6 is 0 Å². The zero-order valence-corrected chi connectivity index (χ0v) is 10.9. The molecule has 0 aliphatic heterocycles. The molecular formula is C16H19NO. The molecule has 0 aliphatic carbocycles. The van der Waals surface area contributed by atoms with E-state index < -0.39 is 0 Å². The summed E-state index contributed by atoms with van der Waals surface area (Å²) in [5.41, 5.74) is 0.793. The Bertz CT molecular complexity index is 548. The van der Waals surface area contributed by atoms with Crippen molar-refractivity contribution < 1.29 is 4.79 Å². The Morgan fingerprint density at radius 2 is 1.89 bits per heavy atom. The molecule has 2 aromatic rings. The van der Waals surface area contributed by atoms with Crippen molar-refractivity contribution in [2.45, 2.75) is 25.8 Å². The highest BCUT2D eigenvalue weighted by atomic mass is 16.1. The molecule has 2 rings (SSSR count). The second kappa shape index (κ2) is 5.78. The summed E-state index contributed by atoms with van der Waals surface area (Å²) in [5, 5.41) is 5.39. The number of benzene rings is 2. The van der Waals surface area contributed by atoms with Gasteiger partial charge < -0.3 is 5.32 Å². The summed E-state index contributed by atoms with van der Waals surface area (Å²) in [7, 11) is 1.85. The third-order valence-electron chi connectivity index (χ3n) is 3.28. The Balaban J connectivity index is 2.32. The van der Waals surface area contributed by atoms with Crippen molar-refractivity contribution in [2.75, 3.05) is 7.05 Å². The first-order chi connectivity index (χ1) is 8.76. The number of hydrogen-bond donors (Lipinski definition) is 1. The zero-order valence-electron chi connectivity index (χ0n) is 10.9. The van der Waals surface area contributed by atoms with Gasteiger partial charge in [-0.2, -0.15) is 0 Å². The van der Waals surface area contributed by atoms with Gasteiger partial charge in [0.1, 0.15) is 0 Å². The van der Waals surface area contributed by atoms with Crippen molar-refractivity contribution in [3.8, 4) is 0 Å². The Morgan fingerprint density at radius 3 is 2.56 bits per heavy atom. The number of hydrogen-bond acceptors (Lipinski definition) is 2. The van der Waals surface area contributed by atoms with Crippen molar-refractivity contribution >= 4 is 16.6 Å². The SMILES string of the molecule is CCC[C@@H](NC)C(=O)c1ccc2ccccc2c1. The molecule has 0 bridgehead atoms. The Hall–Kier alpha value is -1.67. The van der Waals surface area contributed by atoms with E-state index in [9.17, 15) is 4.79 Å². The van der Waals surface area contributed by atoms with Gasteiger partial charge in [0.2, 0.25) is 0 Å². The highest BCUT2D eigenvalue weighted by Gasteiger charge is 2.17. The lowest BCUT2D eigenvalue weighted by molar-refractivity contribution is 0.0942. The van der Waals surface area contributed by atoms with Crippen molar-refractivity contribution in [3.05, 3.63) is 48.0 Å². The van der Waals surface area contributed by atoms with Crippen LogP contribution in [0, 0.1) is 0 Å². The largest absolute Gasteiger partial charge is 0.310 e. The van der Waals surface area contributed by atoms with E-state index in [1.807, 2.05) is 43.4 Å². The number of rotatable bonds is 5. The standard InChI is InChI=1S/C16H19NO/c1-3-6-15(17-2)16(18)14-10-9-12-7-4-5-8-13(12)11-14/h4-5,7-11,15,17H,3,6H2,1-2H3/t15-/m1/s1. The van der Waals surface area contributed by atoms with Crippen LogP contribution in [0.1, 0.15) is 30.1 Å². The van der Waals surface area contributed by atoms with Crippen LogP contribution in [0.15, 0.2) is 42.5 Å². The van der Waals surface area contributed by atoms with Crippen LogP contribution in [0.4, 0.5) is 0 Å². The third-order valence-corrected chi connectivity index (χ3v) is 3.28. The monoisotopic (exact) mass is 241 g/mol. The first kappa shape index (κ1) is 12.8. The number of ketones is 1. The Labute approximate surface area is 108 Å². The summed E-state index contributed by atoms with van der Waals surface area (Å²) in [6, 6.07) is 14.0. The van der Waals surface area contributed by atoms with Crippen molar-refractivity contribution in [1.82, 2.24) is 5.32 Å². The second-order valence-electron chi connectivity index (χ2n) is 4.56. The number of likely N-dealkylation sites (N-methyl/N-ethyl adjacent to an activating group) is 1. The van der Waals surface area contributed by atoms with Gasteiger partial charge in [-0.1, -0.05) is 49.7 Å². The van der Waals surface area contributed by atoms with Gasteiger partial charge in [-0.25, -0.2) is 0 Å². The van der Waals surface area contributed by atoms with Gasteiger partial charge in [-0.05, 0) is 30.3 Å². The molecule has 94 valence electrons.